The summed E-state index contributed by atoms with van der Waals surface area (Å²) in [5.41, 5.74) is 0. The van der Waals surface area contributed by atoms with E-state index >= 15 is 0 Å². The van der Waals surface area contributed by atoms with Gasteiger partial charge in [0, 0.05) is 30.7 Å². The second-order valence-corrected chi connectivity index (χ2v) is 6.58. The number of hydrogen-bond donors (Lipinski definition) is 2. The molecule has 0 aliphatic carbocycles. The summed E-state index contributed by atoms with van der Waals surface area (Å²) in [7, 11) is 0. The monoisotopic (exact) mass is 267 g/mol. The van der Waals surface area contributed by atoms with E-state index in [1.165, 1.54) is 45.2 Å². The molecule has 0 amide bonds. The molecule has 4 heteroatoms. The molecule has 0 radical (unpaired) electrons. The van der Waals surface area contributed by atoms with Crippen LogP contribution in [0, 0.1) is 0 Å². The fourth-order valence-corrected chi connectivity index (χ4v) is 4.04. The maximum atomic E-state index is 5.53. The van der Waals surface area contributed by atoms with Crippen LogP contribution in [-0.4, -0.2) is 61.9 Å². The van der Waals surface area contributed by atoms with Gasteiger partial charge in [-0.05, 0) is 52.1 Å². The minimum atomic E-state index is 0.544. The Balaban J connectivity index is 1.40. The molecular weight excluding hydrogens is 238 g/mol. The lowest BCUT2D eigenvalue weighted by molar-refractivity contribution is 0.0696. The van der Waals surface area contributed by atoms with E-state index < -0.39 is 0 Å². The van der Waals surface area contributed by atoms with Crippen molar-refractivity contribution in [2.45, 2.75) is 63.2 Å². The predicted molar refractivity (Wildman–Crippen MR) is 77.4 cm³/mol. The second-order valence-electron chi connectivity index (χ2n) is 6.58. The number of piperidine rings is 1. The summed E-state index contributed by atoms with van der Waals surface area (Å²) in [6, 6.07) is 2.74. The topological polar surface area (TPSA) is 36.5 Å². The van der Waals surface area contributed by atoms with E-state index in [2.05, 4.69) is 22.5 Å². The van der Waals surface area contributed by atoms with Crippen LogP contribution in [0.1, 0.15) is 39.0 Å². The minimum Gasteiger partial charge on any atom is -0.379 e. The third kappa shape index (κ3) is 3.69. The number of nitrogens with zero attached hydrogens (tertiary/aromatic N) is 1. The van der Waals surface area contributed by atoms with Gasteiger partial charge in [0.05, 0.1) is 13.2 Å². The zero-order valence-corrected chi connectivity index (χ0v) is 12.2. The molecule has 3 rings (SSSR count). The van der Waals surface area contributed by atoms with Crippen molar-refractivity contribution in [1.29, 1.82) is 0 Å². The lowest BCUT2D eigenvalue weighted by Gasteiger charge is -2.37. The van der Waals surface area contributed by atoms with Crippen molar-refractivity contribution < 1.29 is 4.74 Å². The van der Waals surface area contributed by atoms with Crippen LogP contribution in [0.4, 0.5) is 0 Å². The first kappa shape index (κ1) is 13.8. The minimum absolute atomic E-state index is 0.544. The van der Waals surface area contributed by atoms with Crippen molar-refractivity contribution in [3.63, 3.8) is 0 Å². The van der Waals surface area contributed by atoms with Crippen LogP contribution in [0.3, 0.4) is 0 Å². The molecule has 19 heavy (non-hydrogen) atoms. The molecule has 0 bridgehead atoms. The first-order chi connectivity index (χ1) is 9.31. The molecular formula is C15H29N3O. The van der Waals surface area contributed by atoms with Crippen LogP contribution in [0.2, 0.25) is 0 Å². The lowest BCUT2D eigenvalue weighted by atomic mass is 9.96. The zero-order valence-electron chi connectivity index (χ0n) is 12.2. The number of rotatable bonds is 4. The number of fused-ring (bicyclic) bond motifs is 1. The van der Waals surface area contributed by atoms with E-state index in [4.69, 9.17) is 4.74 Å². The van der Waals surface area contributed by atoms with Gasteiger partial charge in [0.1, 0.15) is 0 Å². The van der Waals surface area contributed by atoms with E-state index in [-0.39, 0.29) is 0 Å². The van der Waals surface area contributed by atoms with Gasteiger partial charge in [-0.3, -0.25) is 0 Å². The third-order valence-corrected chi connectivity index (χ3v) is 4.98. The van der Waals surface area contributed by atoms with Crippen molar-refractivity contribution in [2.75, 3.05) is 32.8 Å². The molecule has 3 saturated heterocycles. The van der Waals surface area contributed by atoms with Gasteiger partial charge in [0.2, 0.25) is 0 Å². The molecule has 0 aromatic heterocycles. The van der Waals surface area contributed by atoms with Gasteiger partial charge in [0.15, 0.2) is 0 Å². The lowest BCUT2D eigenvalue weighted by Crippen LogP contribution is -2.50. The number of morpholine rings is 1. The Morgan fingerprint density at radius 1 is 1.37 bits per heavy atom. The molecule has 0 aromatic carbocycles. The number of nitrogens with one attached hydrogen (secondary N) is 2. The summed E-state index contributed by atoms with van der Waals surface area (Å²) < 4.78 is 5.53. The van der Waals surface area contributed by atoms with E-state index in [9.17, 15) is 0 Å². The number of hydrogen-bond acceptors (Lipinski definition) is 4. The van der Waals surface area contributed by atoms with Crippen LogP contribution in [0.15, 0.2) is 0 Å². The summed E-state index contributed by atoms with van der Waals surface area (Å²) in [6.45, 7) is 7.75. The Kier molecular flexibility index (Phi) is 4.74. The Hall–Kier alpha value is -0.160. The first-order valence-electron chi connectivity index (χ1n) is 8.12. The summed E-state index contributed by atoms with van der Waals surface area (Å²) in [5.74, 6) is 0. The Bertz CT molecular complexity index is 281. The van der Waals surface area contributed by atoms with Crippen molar-refractivity contribution in [2.24, 2.45) is 0 Å². The van der Waals surface area contributed by atoms with Crippen molar-refractivity contribution in [1.82, 2.24) is 15.5 Å². The Morgan fingerprint density at radius 2 is 2.32 bits per heavy atom. The first-order valence-corrected chi connectivity index (χ1v) is 8.12. The van der Waals surface area contributed by atoms with Gasteiger partial charge < -0.3 is 20.3 Å². The summed E-state index contributed by atoms with van der Waals surface area (Å²) in [4.78, 5) is 2.69. The highest BCUT2D eigenvalue weighted by molar-refractivity contribution is 4.90. The largest absolute Gasteiger partial charge is 0.379 e. The van der Waals surface area contributed by atoms with Gasteiger partial charge in [0.25, 0.3) is 0 Å². The smallest absolute Gasteiger partial charge is 0.0620 e. The quantitative estimate of drug-likeness (QED) is 0.796. The maximum Gasteiger partial charge on any atom is 0.0620 e. The van der Waals surface area contributed by atoms with Crippen LogP contribution >= 0.6 is 0 Å². The van der Waals surface area contributed by atoms with Gasteiger partial charge >= 0.3 is 0 Å². The van der Waals surface area contributed by atoms with Gasteiger partial charge in [-0.15, -0.1) is 0 Å². The molecule has 0 aromatic rings. The predicted octanol–water partition coefficient (Wildman–Crippen LogP) is 0.970. The van der Waals surface area contributed by atoms with Crippen molar-refractivity contribution >= 4 is 0 Å². The van der Waals surface area contributed by atoms with E-state index in [0.717, 1.165) is 31.8 Å². The maximum absolute atomic E-state index is 5.53. The molecule has 0 spiro atoms. The van der Waals surface area contributed by atoms with Crippen LogP contribution in [0.5, 0.6) is 0 Å². The molecule has 3 aliphatic heterocycles. The summed E-state index contributed by atoms with van der Waals surface area (Å²) in [5, 5.41) is 7.41. The second kappa shape index (κ2) is 6.53. The third-order valence-electron chi connectivity index (χ3n) is 4.98. The SMILES string of the molecule is CC(CC1COCCN1)NC1CCN2CCCC2C1. The molecule has 3 heterocycles. The highest BCUT2D eigenvalue weighted by atomic mass is 16.5. The highest BCUT2D eigenvalue weighted by Gasteiger charge is 2.32. The Labute approximate surface area is 117 Å². The zero-order chi connectivity index (χ0) is 13.1. The molecule has 4 nitrogen and oxygen atoms in total. The fraction of sp³-hybridized carbons (Fsp3) is 1.00. The van der Waals surface area contributed by atoms with E-state index in [1.807, 2.05) is 0 Å². The molecule has 4 atom stereocenters. The van der Waals surface area contributed by atoms with Gasteiger partial charge in [-0.25, -0.2) is 0 Å². The highest BCUT2D eigenvalue weighted by Crippen LogP contribution is 2.27. The molecule has 0 saturated carbocycles. The molecule has 110 valence electrons. The molecule has 3 aliphatic rings. The van der Waals surface area contributed by atoms with Gasteiger partial charge in [-0.2, -0.15) is 0 Å². The van der Waals surface area contributed by atoms with E-state index in [1.54, 1.807) is 0 Å². The normalized spacial score (nSPS) is 38.1. The molecule has 4 unspecified atom stereocenters. The number of ether oxygens (including phenoxy) is 1. The Morgan fingerprint density at radius 3 is 3.16 bits per heavy atom. The van der Waals surface area contributed by atoms with E-state index in [0.29, 0.717) is 12.1 Å². The average Bonchev–Trinajstić information content (AvgIpc) is 2.87. The van der Waals surface area contributed by atoms with Crippen LogP contribution in [0.25, 0.3) is 0 Å². The molecule has 3 fully saturated rings. The van der Waals surface area contributed by atoms with Gasteiger partial charge in [-0.1, -0.05) is 0 Å². The van der Waals surface area contributed by atoms with Crippen LogP contribution < -0.4 is 10.6 Å². The average molecular weight is 267 g/mol. The summed E-state index contributed by atoms with van der Waals surface area (Å²) in [6.07, 6.45) is 6.71. The van der Waals surface area contributed by atoms with Crippen molar-refractivity contribution in [3.05, 3.63) is 0 Å². The van der Waals surface area contributed by atoms with Crippen molar-refractivity contribution in [3.8, 4) is 0 Å². The standard InChI is InChI=1S/C15H29N3O/c1-12(9-14-11-19-8-5-16-14)17-13-4-7-18-6-2-3-15(18)10-13/h12-17H,2-11H2,1H3. The van der Waals surface area contributed by atoms with Crippen LogP contribution in [-0.2, 0) is 4.74 Å². The summed E-state index contributed by atoms with van der Waals surface area (Å²) >= 11 is 0. The fourth-order valence-electron chi connectivity index (χ4n) is 4.04. The molecule has 2 N–H and O–H groups in total.